The molecular weight excluding hydrogens is 296 g/mol. The number of imidazole rings is 1. The second kappa shape index (κ2) is 5.07. The second-order valence-electron chi connectivity index (χ2n) is 4.79. The van der Waals surface area contributed by atoms with Crippen LogP contribution in [0.5, 0.6) is 0 Å². The number of hydrogen-bond acceptors (Lipinski definition) is 2. The highest BCUT2D eigenvalue weighted by molar-refractivity contribution is 6.20. The van der Waals surface area contributed by atoms with Gasteiger partial charge in [-0.15, -0.1) is 11.6 Å². The van der Waals surface area contributed by atoms with Crippen molar-refractivity contribution in [2.75, 3.05) is 0 Å². The lowest BCUT2D eigenvalue weighted by molar-refractivity contribution is 0.504. The Morgan fingerprint density at radius 1 is 1.24 bits per heavy atom. The molecule has 21 heavy (non-hydrogen) atoms. The molecule has 0 spiro atoms. The number of halogens is 3. The number of hydrogen-bond donors (Lipinski definition) is 0. The lowest BCUT2D eigenvalue weighted by atomic mass is 10.2. The van der Waals surface area contributed by atoms with Crippen molar-refractivity contribution < 1.29 is 8.78 Å². The largest absolute Gasteiger partial charge is 0.276 e. The fourth-order valence-electron chi connectivity index (χ4n) is 2.28. The number of nitrogens with zero attached hydrogens (tertiary/aromatic N) is 3. The molecule has 6 heteroatoms. The fraction of sp³-hybridized carbons (Fsp3) is 0.200. The van der Waals surface area contributed by atoms with Gasteiger partial charge in [-0.25, -0.2) is 18.7 Å². The highest BCUT2D eigenvalue weighted by Gasteiger charge is 2.21. The monoisotopic (exact) mass is 307 g/mol. The maximum Gasteiger partial charge on any atom is 0.182 e. The number of benzene rings is 1. The highest BCUT2D eigenvalue weighted by Crippen LogP contribution is 2.29. The highest BCUT2D eigenvalue weighted by atomic mass is 35.5. The summed E-state index contributed by atoms with van der Waals surface area (Å²) in [6.07, 6.45) is 1.61. The Hall–Kier alpha value is -2.01. The van der Waals surface area contributed by atoms with Gasteiger partial charge in [-0.2, -0.15) is 0 Å². The summed E-state index contributed by atoms with van der Waals surface area (Å²) in [5.74, 6) is -1.44. The Kier molecular flexibility index (Phi) is 3.37. The van der Waals surface area contributed by atoms with Crippen molar-refractivity contribution in [3.63, 3.8) is 0 Å². The standard InChI is InChI=1S/C15H12ClF2N3/c1-8-6-7-19-15-13(8)20-14(9(2)16)21(15)11-5-3-4-10(17)12(11)18/h3-7,9H,1-2H3. The summed E-state index contributed by atoms with van der Waals surface area (Å²) >= 11 is 6.15. The van der Waals surface area contributed by atoms with Crippen molar-refractivity contribution in [1.29, 1.82) is 0 Å². The zero-order valence-corrected chi connectivity index (χ0v) is 12.2. The summed E-state index contributed by atoms with van der Waals surface area (Å²) in [6, 6.07) is 5.80. The molecule has 0 aliphatic rings. The van der Waals surface area contributed by atoms with Gasteiger partial charge in [0.25, 0.3) is 0 Å². The van der Waals surface area contributed by atoms with Gasteiger partial charge in [-0.3, -0.25) is 4.57 Å². The zero-order chi connectivity index (χ0) is 15.1. The Bertz CT molecular complexity index is 827. The van der Waals surface area contributed by atoms with Crippen molar-refractivity contribution >= 4 is 22.8 Å². The summed E-state index contributed by atoms with van der Waals surface area (Å²) in [7, 11) is 0. The van der Waals surface area contributed by atoms with Crippen LogP contribution >= 0.6 is 11.6 Å². The lowest BCUT2D eigenvalue weighted by Gasteiger charge is -2.11. The Morgan fingerprint density at radius 2 is 2.00 bits per heavy atom. The molecule has 0 saturated carbocycles. The molecule has 0 radical (unpaired) electrons. The van der Waals surface area contributed by atoms with E-state index in [1.165, 1.54) is 16.7 Å². The third-order valence-corrected chi connectivity index (χ3v) is 3.50. The first-order valence-electron chi connectivity index (χ1n) is 6.43. The van der Waals surface area contributed by atoms with Gasteiger partial charge in [-0.1, -0.05) is 6.07 Å². The molecule has 1 aromatic carbocycles. The maximum atomic E-state index is 14.1. The molecule has 0 saturated heterocycles. The molecule has 0 aliphatic carbocycles. The van der Waals surface area contributed by atoms with Crippen LogP contribution in [-0.4, -0.2) is 14.5 Å². The SMILES string of the molecule is Cc1ccnc2c1nc(C(C)Cl)n2-c1cccc(F)c1F. The molecule has 1 unspecified atom stereocenters. The summed E-state index contributed by atoms with van der Waals surface area (Å²) in [5.41, 5.74) is 2.04. The topological polar surface area (TPSA) is 30.7 Å². The van der Waals surface area contributed by atoms with Crippen LogP contribution in [-0.2, 0) is 0 Å². The normalized spacial score (nSPS) is 12.8. The number of aryl methyl sites for hydroxylation is 1. The molecule has 3 rings (SSSR count). The molecule has 0 fully saturated rings. The average Bonchev–Trinajstić information content (AvgIpc) is 2.83. The van der Waals surface area contributed by atoms with Gasteiger partial charge in [0, 0.05) is 6.20 Å². The van der Waals surface area contributed by atoms with E-state index in [-0.39, 0.29) is 5.69 Å². The van der Waals surface area contributed by atoms with Crippen LogP contribution in [0.25, 0.3) is 16.9 Å². The van der Waals surface area contributed by atoms with E-state index in [1.54, 1.807) is 13.1 Å². The van der Waals surface area contributed by atoms with Gasteiger partial charge >= 0.3 is 0 Å². The Labute approximate surface area is 125 Å². The Balaban J connectivity index is 2.43. The van der Waals surface area contributed by atoms with Gasteiger partial charge in [0.05, 0.1) is 11.1 Å². The molecule has 1 atom stereocenters. The van der Waals surface area contributed by atoms with Gasteiger partial charge in [-0.05, 0) is 37.6 Å². The van der Waals surface area contributed by atoms with E-state index in [2.05, 4.69) is 9.97 Å². The predicted molar refractivity (Wildman–Crippen MR) is 77.8 cm³/mol. The summed E-state index contributed by atoms with van der Waals surface area (Å²) < 4.78 is 29.1. The molecule has 0 amide bonds. The third-order valence-electron chi connectivity index (χ3n) is 3.30. The minimum Gasteiger partial charge on any atom is -0.276 e. The van der Waals surface area contributed by atoms with E-state index >= 15 is 0 Å². The predicted octanol–water partition coefficient (Wildman–Crippen LogP) is 4.31. The smallest absolute Gasteiger partial charge is 0.182 e. The second-order valence-corrected chi connectivity index (χ2v) is 5.45. The van der Waals surface area contributed by atoms with Crippen LogP contribution in [0.15, 0.2) is 30.5 Å². The Morgan fingerprint density at radius 3 is 2.71 bits per heavy atom. The quantitative estimate of drug-likeness (QED) is 0.661. The first-order valence-corrected chi connectivity index (χ1v) is 6.86. The molecule has 0 N–H and O–H groups in total. The van der Waals surface area contributed by atoms with E-state index < -0.39 is 17.0 Å². The molecule has 0 bridgehead atoms. The number of aromatic nitrogens is 3. The van der Waals surface area contributed by atoms with Crippen molar-refractivity contribution in [1.82, 2.24) is 14.5 Å². The van der Waals surface area contributed by atoms with Crippen molar-refractivity contribution in [3.8, 4) is 5.69 Å². The third kappa shape index (κ3) is 2.17. The number of alkyl halides is 1. The van der Waals surface area contributed by atoms with Gasteiger partial charge in [0.15, 0.2) is 17.3 Å². The maximum absolute atomic E-state index is 14.1. The average molecular weight is 308 g/mol. The van der Waals surface area contributed by atoms with Crippen LogP contribution in [0.4, 0.5) is 8.78 Å². The summed E-state index contributed by atoms with van der Waals surface area (Å²) in [4.78, 5) is 8.68. The van der Waals surface area contributed by atoms with Gasteiger partial charge < -0.3 is 0 Å². The molecule has 2 heterocycles. The minimum atomic E-state index is -0.946. The van der Waals surface area contributed by atoms with Crippen LogP contribution < -0.4 is 0 Å². The summed E-state index contributed by atoms with van der Waals surface area (Å²) in [6.45, 7) is 3.61. The fourth-order valence-corrected chi connectivity index (χ4v) is 2.43. The number of fused-ring (bicyclic) bond motifs is 1. The van der Waals surface area contributed by atoms with Crippen LogP contribution in [0, 0.1) is 18.6 Å². The van der Waals surface area contributed by atoms with Crippen molar-refractivity contribution in [2.45, 2.75) is 19.2 Å². The number of pyridine rings is 1. The van der Waals surface area contributed by atoms with Crippen molar-refractivity contribution in [3.05, 3.63) is 53.5 Å². The first-order chi connectivity index (χ1) is 10.0. The molecule has 108 valence electrons. The zero-order valence-electron chi connectivity index (χ0n) is 11.4. The first kappa shape index (κ1) is 13.9. The van der Waals surface area contributed by atoms with Crippen LogP contribution in [0.2, 0.25) is 0 Å². The lowest BCUT2D eigenvalue weighted by Crippen LogP contribution is -2.06. The van der Waals surface area contributed by atoms with Gasteiger partial charge in [0.2, 0.25) is 0 Å². The molecule has 3 nitrogen and oxygen atoms in total. The van der Waals surface area contributed by atoms with Gasteiger partial charge in [0.1, 0.15) is 11.3 Å². The van der Waals surface area contributed by atoms with E-state index in [9.17, 15) is 8.78 Å². The minimum absolute atomic E-state index is 0.0538. The van der Waals surface area contributed by atoms with E-state index in [4.69, 9.17) is 11.6 Å². The molecule has 2 aromatic heterocycles. The molecule has 0 aliphatic heterocycles. The van der Waals surface area contributed by atoms with E-state index in [0.29, 0.717) is 17.0 Å². The molecule has 3 aromatic rings. The van der Waals surface area contributed by atoms with Crippen LogP contribution in [0.1, 0.15) is 23.7 Å². The molecular formula is C15H12ClF2N3. The van der Waals surface area contributed by atoms with Crippen molar-refractivity contribution in [2.24, 2.45) is 0 Å². The van der Waals surface area contributed by atoms with E-state index in [1.807, 2.05) is 13.0 Å². The summed E-state index contributed by atoms with van der Waals surface area (Å²) in [5, 5.41) is -0.471. The van der Waals surface area contributed by atoms with Crippen LogP contribution in [0.3, 0.4) is 0 Å². The van der Waals surface area contributed by atoms with E-state index in [0.717, 1.165) is 11.6 Å². The number of rotatable bonds is 2.